The Balaban J connectivity index is 2.45. The van der Waals surface area contributed by atoms with Crippen molar-refractivity contribution in [2.24, 2.45) is 0 Å². The highest BCUT2D eigenvalue weighted by Gasteiger charge is 2.21. The summed E-state index contributed by atoms with van der Waals surface area (Å²) in [6, 6.07) is 7.86. The number of aliphatic hydroxyl groups is 1. The molecule has 4 heteroatoms. The molecule has 1 aromatic carbocycles. The average Bonchev–Trinajstić information content (AvgIpc) is 2.84. The van der Waals surface area contributed by atoms with Crippen molar-refractivity contribution in [1.29, 1.82) is 0 Å². The lowest BCUT2D eigenvalue weighted by molar-refractivity contribution is 0.257. The molecule has 1 N–H and O–H groups in total. The summed E-state index contributed by atoms with van der Waals surface area (Å²) in [5.74, 6) is 1.65. The van der Waals surface area contributed by atoms with Gasteiger partial charge in [-0.3, -0.25) is 0 Å². The highest BCUT2D eigenvalue weighted by molar-refractivity contribution is 9.10. The lowest BCUT2D eigenvalue weighted by atomic mass is 10.0. The van der Waals surface area contributed by atoms with Crippen molar-refractivity contribution in [2.45, 2.75) is 32.6 Å². The molecule has 1 unspecified atom stereocenters. The van der Waals surface area contributed by atoms with Crippen LogP contribution in [0.25, 0.3) is 11.5 Å². The predicted octanol–water partition coefficient (Wildman–Crippen LogP) is 4.32. The van der Waals surface area contributed by atoms with Gasteiger partial charge in [-0.25, -0.2) is 4.98 Å². The molecule has 0 fully saturated rings. The maximum Gasteiger partial charge on any atom is 0.226 e. The molecule has 0 bridgehead atoms. The third-order valence-corrected chi connectivity index (χ3v) is 3.57. The van der Waals surface area contributed by atoms with E-state index in [9.17, 15) is 5.11 Å². The van der Waals surface area contributed by atoms with Crippen LogP contribution in [0.15, 0.2) is 33.2 Å². The molecule has 0 radical (unpaired) electrons. The summed E-state index contributed by atoms with van der Waals surface area (Å²) < 4.78 is 6.89. The van der Waals surface area contributed by atoms with Crippen LogP contribution in [0.1, 0.15) is 44.1 Å². The number of nitrogens with zero attached hydrogens (tertiary/aromatic N) is 1. The molecule has 2 aromatic rings. The number of hydrogen-bond acceptors (Lipinski definition) is 3. The minimum absolute atomic E-state index is 0.0332. The van der Waals surface area contributed by atoms with Crippen LogP contribution in [0.3, 0.4) is 0 Å². The number of halogens is 1. The Morgan fingerprint density at radius 1 is 1.21 bits per heavy atom. The molecule has 0 aliphatic rings. The molecule has 19 heavy (non-hydrogen) atoms. The minimum atomic E-state index is -0.0332. The zero-order valence-corrected chi connectivity index (χ0v) is 12.9. The maximum atomic E-state index is 9.32. The first-order valence-electron chi connectivity index (χ1n) is 6.40. The fourth-order valence-electron chi connectivity index (χ4n) is 1.91. The quantitative estimate of drug-likeness (QED) is 0.911. The summed E-state index contributed by atoms with van der Waals surface area (Å²) in [5, 5.41) is 9.32. The van der Waals surface area contributed by atoms with Crippen molar-refractivity contribution in [3.63, 3.8) is 0 Å². The maximum absolute atomic E-state index is 9.32. The Morgan fingerprint density at radius 2 is 1.84 bits per heavy atom. The molecule has 1 aromatic heterocycles. The van der Waals surface area contributed by atoms with Gasteiger partial charge >= 0.3 is 0 Å². The minimum Gasteiger partial charge on any atom is -0.441 e. The second kappa shape index (κ2) is 5.88. The fraction of sp³-hybridized carbons (Fsp3) is 0.400. The molecule has 0 amide bonds. The van der Waals surface area contributed by atoms with Gasteiger partial charge in [0.25, 0.3) is 0 Å². The fourth-order valence-corrected chi connectivity index (χ4v) is 2.17. The highest BCUT2D eigenvalue weighted by atomic mass is 79.9. The molecular weight excluding hydrogens is 306 g/mol. The van der Waals surface area contributed by atoms with Crippen molar-refractivity contribution in [1.82, 2.24) is 4.98 Å². The summed E-state index contributed by atoms with van der Waals surface area (Å²) in [6.07, 6.45) is 0. The van der Waals surface area contributed by atoms with E-state index in [1.165, 1.54) is 0 Å². The van der Waals surface area contributed by atoms with E-state index in [1.54, 1.807) is 0 Å². The van der Waals surface area contributed by atoms with Gasteiger partial charge in [0.05, 0.1) is 12.3 Å². The van der Waals surface area contributed by atoms with E-state index in [4.69, 9.17) is 4.42 Å². The van der Waals surface area contributed by atoms with Crippen LogP contribution >= 0.6 is 15.9 Å². The molecule has 0 saturated carbocycles. The van der Waals surface area contributed by atoms with Crippen LogP contribution in [0.2, 0.25) is 0 Å². The van der Waals surface area contributed by atoms with Crippen molar-refractivity contribution >= 4 is 15.9 Å². The molecule has 0 aliphatic heterocycles. The van der Waals surface area contributed by atoms with Crippen molar-refractivity contribution < 1.29 is 9.52 Å². The summed E-state index contributed by atoms with van der Waals surface area (Å²) in [6.45, 7) is 6.17. The zero-order chi connectivity index (χ0) is 14.0. The summed E-state index contributed by atoms with van der Waals surface area (Å²) in [7, 11) is 0. The molecule has 1 heterocycles. The van der Waals surface area contributed by atoms with Gasteiger partial charge in [-0.05, 0) is 30.2 Å². The van der Waals surface area contributed by atoms with Crippen LogP contribution in [0.5, 0.6) is 0 Å². The first-order valence-corrected chi connectivity index (χ1v) is 7.19. The zero-order valence-electron chi connectivity index (χ0n) is 11.4. The van der Waals surface area contributed by atoms with Gasteiger partial charge in [0.1, 0.15) is 5.76 Å². The van der Waals surface area contributed by atoms with Crippen LogP contribution in [0.4, 0.5) is 0 Å². The van der Waals surface area contributed by atoms with Crippen molar-refractivity contribution in [2.75, 3.05) is 6.61 Å². The molecule has 1 atom stereocenters. The molecule has 2 rings (SSSR count). The molecule has 0 saturated heterocycles. The normalized spacial score (nSPS) is 12.9. The number of hydrogen-bond donors (Lipinski definition) is 1. The Kier molecular flexibility index (Phi) is 4.42. The number of aliphatic hydroxyl groups excluding tert-OH is 1. The van der Waals surface area contributed by atoms with Gasteiger partial charge in [0.2, 0.25) is 5.89 Å². The standard InChI is InChI=1S/C15H18BrNO2/c1-9(2)13-14(10(3)8-18)19-15(17-13)11-4-6-12(16)7-5-11/h4-7,9-10,18H,8H2,1-3H3. The van der Waals surface area contributed by atoms with Gasteiger partial charge in [-0.1, -0.05) is 36.7 Å². The lowest BCUT2D eigenvalue weighted by Crippen LogP contribution is -2.02. The van der Waals surface area contributed by atoms with E-state index in [2.05, 4.69) is 34.8 Å². The van der Waals surface area contributed by atoms with Gasteiger partial charge in [0.15, 0.2) is 0 Å². The third-order valence-electron chi connectivity index (χ3n) is 3.04. The van der Waals surface area contributed by atoms with E-state index in [-0.39, 0.29) is 18.4 Å². The van der Waals surface area contributed by atoms with Gasteiger partial charge in [0, 0.05) is 16.0 Å². The average molecular weight is 324 g/mol. The second-order valence-corrected chi connectivity index (χ2v) is 5.93. The Hall–Kier alpha value is -1.13. The smallest absolute Gasteiger partial charge is 0.226 e. The van der Waals surface area contributed by atoms with Crippen molar-refractivity contribution in [3.05, 3.63) is 40.2 Å². The molecule has 0 aliphatic carbocycles. The molecule has 102 valence electrons. The van der Waals surface area contributed by atoms with Crippen molar-refractivity contribution in [3.8, 4) is 11.5 Å². The number of rotatable bonds is 4. The summed E-state index contributed by atoms with van der Waals surface area (Å²) in [4.78, 5) is 4.59. The molecular formula is C15H18BrNO2. The Labute approximate surface area is 121 Å². The number of oxazole rings is 1. The van der Waals surface area contributed by atoms with Crippen LogP contribution in [0, 0.1) is 0 Å². The monoisotopic (exact) mass is 323 g/mol. The first-order chi connectivity index (χ1) is 9.02. The lowest BCUT2D eigenvalue weighted by Gasteiger charge is -2.07. The highest BCUT2D eigenvalue weighted by Crippen LogP contribution is 2.31. The Morgan fingerprint density at radius 3 is 2.37 bits per heavy atom. The van der Waals surface area contributed by atoms with E-state index in [1.807, 2.05) is 31.2 Å². The van der Waals surface area contributed by atoms with Crippen LogP contribution in [-0.4, -0.2) is 16.7 Å². The van der Waals surface area contributed by atoms with E-state index >= 15 is 0 Å². The molecule has 3 nitrogen and oxygen atoms in total. The van der Waals surface area contributed by atoms with Gasteiger partial charge in [-0.15, -0.1) is 0 Å². The van der Waals surface area contributed by atoms with Crippen LogP contribution in [-0.2, 0) is 0 Å². The summed E-state index contributed by atoms with van der Waals surface area (Å²) >= 11 is 3.41. The van der Waals surface area contributed by atoms with Crippen LogP contribution < -0.4 is 0 Å². The second-order valence-electron chi connectivity index (χ2n) is 5.01. The predicted molar refractivity (Wildman–Crippen MR) is 79.2 cm³/mol. The van der Waals surface area contributed by atoms with E-state index in [0.717, 1.165) is 21.5 Å². The third kappa shape index (κ3) is 3.07. The molecule has 0 spiro atoms. The van der Waals surface area contributed by atoms with Gasteiger partial charge in [-0.2, -0.15) is 0 Å². The first kappa shape index (κ1) is 14.3. The largest absolute Gasteiger partial charge is 0.441 e. The number of aromatic nitrogens is 1. The van der Waals surface area contributed by atoms with E-state index < -0.39 is 0 Å². The topological polar surface area (TPSA) is 46.3 Å². The summed E-state index contributed by atoms with van der Waals surface area (Å²) in [5.41, 5.74) is 1.88. The van der Waals surface area contributed by atoms with Gasteiger partial charge < -0.3 is 9.52 Å². The van der Waals surface area contributed by atoms with E-state index in [0.29, 0.717) is 5.89 Å². The number of benzene rings is 1. The SMILES string of the molecule is CC(C)c1nc(-c2ccc(Br)cc2)oc1C(C)CO. The Bertz CT molecular complexity index is 546.